The molecule has 0 saturated heterocycles. The quantitative estimate of drug-likeness (QED) is 0.533. The van der Waals surface area contributed by atoms with Crippen LogP contribution in [0.5, 0.6) is 5.75 Å². The highest BCUT2D eigenvalue weighted by molar-refractivity contribution is 5.77. The van der Waals surface area contributed by atoms with Gasteiger partial charge in [0, 0.05) is 0 Å². The summed E-state index contributed by atoms with van der Waals surface area (Å²) in [6.45, 7) is 6.31. The highest BCUT2D eigenvalue weighted by Crippen LogP contribution is 2.22. The number of hydrogen-bond acceptors (Lipinski definition) is 5. The largest absolute Gasteiger partial charge is 0.494 e. The maximum Gasteiger partial charge on any atom is 0.313 e. The second-order valence-electron chi connectivity index (χ2n) is 7.50. The fourth-order valence-corrected chi connectivity index (χ4v) is 3.12. The lowest BCUT2D eigenvalue weighted by atomic mass is 9.97. The Balaban J connectivity index is 1.60. The van der Waals surface area contributed by atoms with Crippen molar-refractivity contribution in [3.8, 4) is 11.4 Å². The summed E-state index contributed by atoms with van der Waals surface area (Å²) < 4.78 is 12.4. The topological polar surface area (TPSA) is 66.2 Å². The first-order valence-electron chi connectivity index (χ1n) is 9.78. The number of aromatic nitrogens is 3. The molecule has 6 nitrogen and oxygen atoms in total. The SMILES string of the molecule is COc1ccccc1-n1cc(COC(=O)C(C)c2ccc(CC(C)C)cc2)nn1. The minimum atomic E-state index is -0.340. The summed E-state index contributed by atoms with van der Waals surface area (Å²) in [4.78, 5) is 12.5. The number of nitrogens with zero attached hydrogens (tertiary/aromatic N) is 3. The lowest BCUT2D eigenvalue weighted by Crippen LogP contribution is -2.13. The zero-order valence-electron chi connectivity index (χ0n) is 17.3. The van der Waals surface area contributed by atoms with Gasteiger partial charge >= 0.3 is 5.97 Å². The van der Waals surface area contributed by atoms with Crippen LogP contribution in [0.15, 0.2) is 54.7 Å². The van der Waals surface area contributed by atoms with Crippen molar-refractivity contribution in [2.24, 2.45) is 5.92 Å². The second kappa shape index (κ2) is 9.37. The normalized spacial score (nSPS) is 12.0. The van der Waals surface area contributed by atoms with Gasteiger partial charge < -0.3 is 9.47 Å². The van der Waals surface area contributed by atoms with E-state index in [-0.39, 0.29) is 18.5 Å². The van der Waals surface area contributed by atoms with Crippen LogP contribution < -0.4 is 4.74 Å². The van der Waals surface area contributed by atoms with Crippen LogP contribution in [-0.2, 0) is 22.6 Å². The Bertz CT molecular complexity index is 948. The molecule has 6 heteroatoms. The Kier molecular flexibility index (Phi) is 6.65. The third kappa shape index (κ3) is 5.22. The first-order chi connectivity index (χ1) is 14.0. The molecule has 0 radical (unpaired) electrons. The van der Waals surface area contributed by atoms with E-state index in [1.165, 1.54) is 5.56 Å². The fourth-order valence-electron chi connectivity index (χ4n) is 3.12. The molecule has 3 rings (SSSR count). The zero-order valence-corrected chi connectivity index (χ0v) is 17.3. The van der Waals surface area contributed by atoms with Gasteiger partial charge in [0.2, 0.25) is 0 Å². The highest BCUT2D eigenvalue weighted by Gasteiger charge is 2.18. The third-order valence-corrected chi connectivity index (χ3v) is 4.71. The van der Waals surface area contributed by atoms with Gasteiger partial charge in [0.1, 0.15) is 23.7 Å². The van der Waals surface area contributed by atoms with Crippen molar-refractivity contribution < 1.29 is 14.3 Å². The number of ether oxygens (including phenoxy) is 2. The number of benzene rings is 2. The minimum Gasteiger partial charge on any atom is -0.494 e. The first-order valence-corrected chi connectivity index (χ1v) is 9.78. The molecule has 1 aromatic heterocycles. The molecule has 1 heterocycles. The Labute approximate surface area is 171 Å². The van der Waals surface area contributed by atoms with E-state index in [1.807, 2.05) is 43.3 Å². The molecular weight excluding hydrogens is 366 g/mol. The van der Waals surface area contributed by atoms with Crippen LogP contribution in [-0.4, -0.2) is 28.1 Å². The van der Waals surface area contributed by atoms with Crippen molar-refractivity contribution in [2.75, 3.05) is 7.11 Å². The number of rotatable bonds is 8. The van der Waals surface area contributed by atoms with E-state index in [0.717, 1.165) is 17.7 Å². The summed E-state index contributed by atoms with van der Waals surface area (Å²) >= 11 is 0. The van der Waals surface area contributed by atoms with E-state index >= 15 is 0 Å². The number of carbonyl (C=O) groups is 1. The molecule has 0 aliphatic carbocycles. The monoisotopic (exact) mass is 393 g/mol. The van der Waals surface area contributed by atoms with Gasteiger partial charge in [-0.15, -0.1) is 5.10 Å². The van der Waals surface area contributed by atoms with Crippen LogP contribution >= 0.6 is 0 Å². The fraction of sp³-hybridized carbons (Fsp3) is 0.348. The van der Waals surface area contributed by atoms with Crippen LogP contribution in [0.2, 0.25) is 0 Å². The van der Waals surface area contributed by atoms with Crippen molar-refractivity contribution in [2.45, 2.75) is 39.7 Å². The van der Waals surface area contributed by atoms with Crippen molar-refractivity contribution in [1.29, 1.82) is 0 Å². The van der Waals surface area contributed by atoms with Gasteiger partial charge in [0.25, 0.3) is 0 Å². The number of para-hydroxylation sites is 2. The van der Waals surface area contributed by atoms with Gasteiger partial charge in [0.15, 0.2) is 0 Å². The molecule has 152 valence electrons. The molecule has 0 fully saturated rings. The number of esters is 1. The number of carbonyl (C=O) groups excluding carboxylic acids is 1. The molecular formula is C23H27N3O3. The van der Waals surface area contributed by atoms with Gasteiger partial charge in [-0.25, -0.2) is 4.68 Å². The van der Waals surface area contributed by atoms with E-state index < -0.39 is 0 Å². The highest BCUT2D eigenvalue weighted by atomic mass is 16.5. The molecule has 29 heavy (non-hydrogen) atoms. The van der Waals surface area contributed by atoms with Gasteiger partial charge in [-0.1, -0.05) is 55.5 Å². The van der Waals surface area contributed by atoms with Gasteiger partial charge in [-0.2, -0.15) is 0 Å². The summed E-state index contributed by atoms with van der Waals surface area (Å²) in [6, 6.07) is 15.7. The Hall–Kier alpha value is -3.15. The van der Waals surface area contributed by atoms with Crippen molar-refractivity contribution in [3.05, 3.63) is 71.5 Å². The summed E-state index contributed by atoms with van der Waals surface area (Å²) in [5.74, 6) is 0.670. The lowest BCUT2D eigenvalue weighted by molar-refractivity contribution is -0.146. The predicted molar refractivity (Wildman–Crippen MR) is 111 cm³/mol. The summed E-state index contributed by atoms with van der Waals surface area (Å²) in [6.07, 6.45) is 2.76. The molecule has 3 aromatic rings. The molecule has 0 amide bonds. The summed E-state index contributed by atoms with van der Waals surface area (Å²) in [7, 11) is 1.61. The number of hydrogen-bond donors (Lipinski definition) is 0. The molecule has 0 saturated carbocycles. The van der Waals surface area contributed by atoms with Crippen LogP contribution in [0.3, 0.4) is 0 Å². The summed E-state index contributed by atoms with van der Waals surface area (Å²) in [5.41, 5.74) is 3.57. The lowest BCUT2D eigenvalue weighted by Gasteiger charge is -2.12. The average Bonchev–Trinajstić information content (AvgIpc) is 3.20. The molecule has 0 bridgehead atoms. The molecule has 0 spiro atoms. The van der Waals surface area contributed by atoms with Crippen LogP contribution in [0.25, 0.3) is 5.69 Å². The molecule has 0 aliphatic heterocycles. The molecule has 1 atom stereocenters. The molecule has 0 aliphatic rings. The second-order valence-corrected chi connectivity index (χ2v) is 7.50. The maximum atomic E-state index is 12.5. The number of methoxy groups -OCH3 is 1. The Morgan fingerprint density at radius 2 is 1.79 bits per heavy atom. The van der Waals surface area contributed by atoms with E-state index in [2.05, 4.69) is 36.3 Å². The van der Waals surface area contributed by atoms with Crippen molar-refractivity contribution in [1.82, 2.24) is 15.0 Å². The van der Waals surface area contributed by atoms with Crippen LogP contribution in [0.1, 0.15) is 43.5 Å². The first kappa shape index (κ1) is 20.6. The van der Waals surface area contributed by atoms with E-state index in [4.69, 9.17) is 9.47 Å². The third-order valence-electron chi connectivity index (χ3n) is 4.71. The van der Waals surface area contributed by atoms with E-state index in [9.17, 15) is 4.79 Å². The zero-order chi connectivity index (χ0) is 20.8. The Morgan fingerprint density at radius 3 is 2.48 bits per heavy atom. The maximum absolute atomic E-state index is 12.5. The molecule has 0 N–H and O–H groups in total. The van der Waals surface area contributed by atoms with Crippen LogP contribution in [0, 0.1) is 5.92 Å². The smallest absolute Gasteiger partial charge is 0.313 e. The van der Waals surface area contributed by atoms with Gasteiger partial charge in [0.05, 0.1) is 19.2 Å². The summed E-state index contributed by atoms with van der Waals surface area (Å²) in [5, 5.41) is 8.20. The van der Waals surface area contributed by atoms with E-state index in [1.54, 1.807) is 18.0 Å². The molecule has 1 unspecified atom stereocenters. The standard InChI is InChI=1S/C23H27N3O3/c1-16(2)13-18-9-11-19(12-10-18)17(3)23(27)29-15-20-14-26(25-24-20)21-7-5-6-8-22(21)28-4/h5-12,14,16-17H,13,15H2,1-4H3. The van der Waals surface area contributed by atoms with Gasteiger partial charge in [-0.05, 0) is 42.5 Å². The average molecular weight is 393 g/mol. The van der Waals surface area contributed by atoms with Crippen molar-refractivity contribution >= 4 is 5.97 Å². The van der Waals surface area contributed by atoms with Crippen molar-refractivity contribution in [3.63, 3.8) is 0 Å². The van der Waals surface area contributed by atoms with Crippen LogP contribution in [0.4, 0.5) is 0 Å². The van der Waals surface area contributed by atoms with Gasteiger partial charge in [-0.3, -0.25) is 4.79 Å². The Morgan fingerprint density at radius 1 is 1.07 bits per heavy atom. The predicted octanol–water partition coefficient (Wildman–Crippen LogP) is 4.32. The molecule has 2 aromatic carbocycles. The van der Waals surface area contributed by atoms with E-state index in [0.29, 0.717) is 17.4 Å². The minimum absolute atomic E-state index is 0.0732.